The number of benzene rings is 2. The van der Waals surface area contributed by atoms with Crippen LogP contribution in [0.15, 0.2) is 46.9 Å². The molecule has 0 aliphatic carbocycles. The van der Waals surface area contributed by atoms with Crippen LogP contribution in [0, 0.1) is 0 Å². The molecule has 2 aromatic carbocycles. The fraction of sp³-hybridized carbons (Fsp3) is 0. The number of aromatic nitrogens is 1. The number of nitrogens with zero attached hydrogens (tertiary/aromatic N) is 1. The fourth-order valence-electron chi connectivity index (χ4n) is 2.31. The summed E-state index contributed by atoms with van der Waals surface area (Å²) in [4.78, 5) is 16.1. The summed E-state index contributed by atoms with van der Waals surface area (Å²) in [5.41, 5.74) is 7.95. The summed E-state index contributed by atoms with van der Waals surface area (Å²) in [7, 11) is 0. The summed E-state index contributed by atoms with van der Waals surface area (Å²) >= 11 is 9.32. The second-order valence-corrected chi connectivity index (χ2v) is 6.07. The van der Waals surface area contributed by atoms with Crippen LogP contribution >= 0.6 is 27.5 Å². The second-order valence-electron chi connectivity index (χ2n) is 4.72. The Labute approximate surface area is 139 Å². The van der Waals surface area contributed by atoms with Crippen LogP contribution in [0.2, 0.25) is 5.02 Å². The largest absolute Gasteiger partial charge is 0.478 e. The first-order valence-electron chi connectivity index (χ1n) is 6.35. The van der Waals surface area contributed by atoms with Crippen molar-refractivity contribution in [1.82, 2.24) is 4.98 Å². The molecule has 0 amide bonds. The maximum atomic E-state index is 11.6. The van der Waals surface area contributed by atoms with Crippen molar-refractivity contribution >= 4 is 50.1 Å². The number of halogens is 2. The van der Waals surface area contributed by atoms with Gasteiger partial charge in [0.15, 0.2) is 0 Å². The van der Waals surface area contributed by atoms with E-state index in [1.54, 1.807) is 18.2 Å². The number of fused-ring (bicyclic) bond motifs is 1. The van der Waals surface area contributed by atoms with Crippen LogP contribution in [0.5, 0.6) is 0 Å². The highest BCUT2D eigenvalue weighted by Gasteiger charge is 2.19. The van der Waals surface area contributed by atoms with Crippen LogP contribution < -0.4 is 5.73 Å². The molecule has 3 aromatic rings. The Hall–Kier alpha value is -2.11. The van der Waals surface area contributed by atoms with Gasteiger partial charge in [-0.05, 0) is 30.3 Å². The molecule has 22 heavy (non-hydrogen) atoms. The van der Waals surface area contributed by atoms with Gasteiger partial charge < -0.3 is 10.8 Å². The third-order valence-corrected chi connectivity index (χ3v) is 4.08. The minimum absolute atomic E-state index is 0.0189. The molecule has 3 rings (SSSR count). The Morgan fingerprint density at radius 2 is 1.86 bits per heavy atom. The molecule has 4 nitrogen and oxygen atoms in total. The summed E-state index contributed by atoms with van der Waals surface area (Å²) < 4.78 is 0.917. The summed E-state index contributed by atoms with van der Waals surface area (Å²) in [6.07, 6.45) is 0. The summed E-state index contributed by atoms with van der Waals surface area (Å²) in [5, 5.41) is 10.4. The van der Waals surface area contributed by atoms with E-state index in [2.05, 4.69) is 20.9 Å². The molecule has 1 aromatic heterocycles. The molecule has 0 saturated heterocycles. The van der Waals surface area contributed by atoms with Gasteiger partial charge in [0.1, 0.15) is 0 Å². The maximum absolute atomic E-state index is 11.6. The van der Waals surface area contributed by atoms with Gasteiger partial charge in [-0.3, -0.25) is 0 Å². The number of carboxylic acid groups (broad SMARTS) is 1. The topological polar surface area (TPSA) is 76.2 Å². The standard InChI is InChI=1S/C16H10BrClN2O2/c17-9-3-1-8(2-4-9)15-14(19)13(16(21)22)11-7-10(18)5-6-12(11)20-15/h1-7H,19H2,(H,21,22). The van der Waals surface area contributed by atoms with Gasteiger partial charge in [0, 0.05) is 20.4 Å². The number of carboxylic acids is 1. The number of hydrogen-bond donors (Lipinski definition) is 2. The van der Waals surface area contributed by atoms with E-state index in [1.165, 1.54) is 0 Å². The molecule has 0 bridgehead atoms. The van der Waals surface area contributed by atoms with Crippen molar-refractivity contribution in [2.24, 2.45) is 0 Å². The van der Waals surface area contributed by atoms with Gasteiger partial charge >= 0.3 is 5.97 Å². The van der Waals surface area contributed by atoms with Crippen LogP contribution in [0.25, 0.3) is 22.2 Å². The van der Waals surface area contributed by atoms with E-state index in [0.717, 1.165) is 10.0 Å². The Balaban J connectivity index is 2.37. The van der Waals surface area contributed by atoms with Crippen molar-refractivity contribution in [3.8, 4) is 11.3 Å². The van der Waals surface area contributed by atoms with Crippen molar-refractivity contribution in [1.29, 1.82) is 0 Å². The zero-order chi connectivity index (χ0) is 15.9. The third kappa shape index (κ3) is 2.53. The van der Waals surface area contributed by atoms with Gasteiger partial charge in [0.2, 0.25) is 0 Å². The Kier molecular flexibility index (Phi) is 3.76. The molecule has 0 aliphatic heterocycles. The summed E-state index contributed by atoms with van der Waals surface area (Å²) in [6, 6.07) is 12.3. The number of nitrogens with two attached hydrogens (primary N) is 1. The number of pyridine rings is 1. The molecule has 0 saturated carbocycles. The lowest BCUT2D eigenvalue weighted by Crippen LogP contribution is -2.07. The average Bonchev–Trinajstić information content (AvgIpc) is 2.47. The first-order valence-corrected chi connectivity index (χ1v) is 7.52. The number of anilines is 1. The molecule has 0 spiro atoms. The first kappa shape index (κ1) is 14.8. The van der Waals surface area contributed by atoms with Crippen LogP contribution in [0.4, 0.5) is 5.69 Å². The van der Waals surface area contributed by atoms with E-state index in [0.29, 0.717) is 21.6 Å². The molecular weight excluding hydrogens is 368 g/mol. The van der Waals surface area contributed by atoms with E-state index in [4.69, 9.17) is 17.3 Å². The van der Waals surface area contributed by atoms with Crippen molar-refractivity contribution in [3.05, 3.63) is 57.5 Å². The Bertz CT molecular complexity index is 895. The van der Waals surface area contributed by atoms with E-state index in [9.17, 15) is 9.90 Å². The molecule has 0 fully saturated rings. The smallest absolute Gasteiger partial charge is 0.338 e. The van der Waals surface area contributed by atoms with E-state index >= 15 is 0 Å². The molecule has 1 heterocycles. The van der Waals surface area contributed by atoms with Crippen molar-refractivity contribution in [3.63, 3.8) is 0 Å². The van der Waals surface area contributed by atoms with Gasteiger partial charge in [-0.25, -0.2) is 9.78 Å². The zero-order valence-corrected chi connectivity index (χ0v) is 13.5. The van der Waals surface area contributed by atoms with Gasteiger partial charge in [-0.2, -0.15) is 0 Å². The van der Waals surface area contributed by atoms with Crippen molar-refractivity contribution in [2.75, 3.05) is 5.73 Å². The lowest BCUT2D eigenvalue weighted by molar-refractivity contribution is 0.0700. The predicted molar refractivity (Wildman–Crippen MR) is 91.3 cm³/mol. The van der Waals surface area contributed by atoms with Crippen molar-refractivity contribution in [2.45, 2.75) is 0 Å². The Morgan fingerprint density at radius 3 is 2.50 bits per heavy atom. The normalized spacial score (nSPS) is 10.8. The highest BCUT2D eigenvalue weighted by Crippen LogP contribution is 2.33. The highest BCUT2D eigenvalue weighted by atomic mass is 79.9. The molecule has 0 unspecified atom stereocenters. The van der Waals surface area contributed by atoms with E-state index in [1.807, 2.05) is 24.3 Å². The van der Waals surface area contributed by atoms with Gasteiger partial charge in [0.05, 0.1) is 22.5 Å². The van der Waals surface area contributed by atoms with Crippen LogP contribution in [-0.4, -0.2) is 16.1 Å². The van der Waals surface area contributed by atoms with E-state index < -0.39 is 5.97 Å². The summed E-state index contributed by atoms with van der Waals surface area (Å²) in [5.74, 6) is -1.11. The number of aromatic carboxylic acids is 1. The molecule has 6 heteroatoms. The third-order valence-electron chi connectivity index (χ3n) is 3.32. The SMILES string of the molecule is Nc1c(-c2ccc(Br)cc2)nc2ccc(Cl)cc2c1C(=O)O. The number of rotatable bonds is 2. The quantitative estimate of drug-likeness (QED) is 0.684. The molecule has 3 N–H and O–H groups in total. The van der Waals surface area contributed by atoms with Crippen LogP contribution in [-0.2, 0) is 0 Å². The molecule has 0 radical (unpaired) electrons. The maximum Gasteiger partial charge on any atom is 0.338 e. The van der Waals surface area contributed by atoms with Gasteiger partial charge in [-0.1, -0.05) is 39.7 Å². The van der Waals surface area contributed by atoms with E-state index in [-0.39, 0.29) is 11.3 Å². The summed E-state index contributed by atoms with van der Waals surface area (Å²) in [6.45, 7) is 0. The van der Waals surface area contributed by atoms with Gasteiger partial charge in [0.25, 0.3) is 0 Å². The minimum Gasteiger partial charge on any atom is -0.478 e. The lowest BCUT2D eigenvalue weighted by atomic mass is 10.0. The van der Waals surface area contributed by atoms with Crippen molar-refractivity contribution < 1.29 is 9.90 Å². The molecular formula is C16H10BrClN2O2. The lowest BCUT2D eigenvalue weighted by Gasteiger charge is -2.12. The number of nitrogen functional groups attached to an aromatic ring is 1. The zero-order valence-electron chi connectivity index (χ0n) is 11.2. The fourth-order valence-corrected chi connectivity index (χ4v) is 2.74. The monoisotopic (exact) mass is 376 g/mol. The second kappa shape index (κ2) is 5.59. The van der Waals surface area contributed by atoms with Gasteiger partial charge in [-0.15, -0.1) is 0 Å². The number of hydrogen-bond acceptors (Lipinski definition) is 3. The molecule has 110 valence electrons. The Morgan fingerprint density at radius 1 is 1.18 bits per heavy atom. The van der Waals surface area contributed by atoms with Crippen LogP contribution in [0.1, 0.15) is 10.4 Å². The first-order chi connectivity index (χ1) is 10.5. The molecule has 0 atom stereocenters. The molecule has 0 aliphatic rings. The minimum atomic E-state index is -1.11. The predicted octanol–water partition coefficient (Wildman–Crippen LogP) is 4.60. The average molecular weight is 378 g/mol. The highest BCUT2D eigenvalue weighted by molar-refractivity contribution is 9.10. The van der Waals surface area contributed by atoms with Crippen LogP contribution in [0.3, 0.4) is 0 Å². The number of carbonyl (C=O) groups is 1.